The van der Waals surface area contributed by atoms with Gasteiger partial charge in [0.05, 0.1) is 4.34 Å². The summed E-state index contributed by atoms with van der Waals surface area (Å²) < 4.78 is 6.16. The largest absolute Gasteiger partial charge is 0.360 e. The van der Waals surface area contributed by atoms with E-state index in [2.05, 4.69) is 5.16 Å². The van der Waals surface area contributed by atoms with Crippen molar-refractivity contribution < 1.29 is 9.32 Å². The summed E-state index contributed by atoms with van der Waals surface area (Å²) in [5.41, 5.74) is 2.72. The zero-order valence-electron chi connectivity index (χ0n) is 11.5. The van der Waals surface area contributed by atoms with Crippen LogP contribution in [-0.2, 0) is 25.8 Å². The summed E-state index contributed by atoms with van der Waals surface area (Å²) >= 11 is 7.68. The van der Waals surface area contributed by atoms with E-state index < -0.39 is 0 Å². The van der Waals surface area contributed by atoms with Gasteiger partial charge in [0.25, 0.3) is 5.91 Å². The maximum atomic E-state index is 12.7. The Labute approximate surface area is 131 Å². The molecule has 0 atom stereocenters. The van der Waals surface area contributed by atoms with Gasteiger partial charge in [0.15, 0.2) is 5.69 Å². The first-order valence-electron chi connectivity index (χ1n) is 7.26. The van der Waals surface area contributed by atoms with Gasteiger partial charge in [-0.15, -0.1) is 11.3 Å². The van der Waals surface area contributed by atoms with Gasteiger partial charge in [-0.05, 0) is 37.3 Å². The topological polar surface area (TPSA) is 46.3 Å². The first-order chi connectivity index (χ1) is 10.2. The summed E-state index contributed by atoms with van der Waals surface area (Å²) in [6.45, 7) is 1.35. The molecule has 2 aromatic rings. The SMILES string of the molecule is O=C(c1noc2c1CCCC2)N1CCc2sc(Cl)cc2C1. The third kappa shape index (κ3) is 2.28. The lowest BCUT2D eigenvalue weighted by molar-refractivity contribution is 0.0724. The highest BCUT2D eigenvalue weighted by Crippen LogP contribution is 2.32. The minimum absolute atomic E-state index is 0.00475. The zero-order valence-corrected chi connectivity index (χ0v) is 13.1. The van der Waals surface area contributed by atoms with Gasteiger partial charge in [-0.25, -0.2) is 0 Å². The minimum atomic E-state index is -0.00475. The number of thiophene rings is 1. The average Bonchev–Trinajstić information content (AvgIpc) is 3.07. The Morgan fingerprint density at radius 2 is 2.19 bits per heavy atom. The molecule has 0 bridgehead atoms. The Kier molecular flexibility index (Phi) is 3.27. The van der Waals surface area contributed by atoms with Gasteiger partial charge in [0.2, 0.25) is 0 Å². The second-order valence-electron chi connectivity index (χ2n) is 5.62. The van der Waals surface area contributed by atoms with Crippen LogP contribution >= 0.6 is 22.9 Å². The van der Waals surface area contributed by atoms with Crippen molar-refractivity contribution >= 4 is 28.8 Å². The second kappa shape index (κ2) is 5.14. The Balaban J connectivity index is 1.60. The Hall–Kier alpha value is -1.33. The molecule has 3 heterocycles. The number of aromatic nitrogens is 1. The molecule has 0 fully saturated rings. The number of carbonyl (C=O) groups excluding carboxylic acids is 1. The first kappa shape index (κ1) is 13.3. The van der Waals surface area contributed by atoms with Crippen molar-refractivity contribution in [3.63, 3.8) is 0 Å². The van der Waals surface area contributed by atoms with Gasteiger partial charge >= 0.3 is 0 Å². The summed E-state index contributed by atoms with van der Waals surface area (Å²) in [5, 5.41) is 4.04. The van der Waals surface area contributed by atoms with Crippen LogP contribution in [0.15, 0.2) is 10.6 Å². The fourth-order valence-corrected chi connectivity index (χ4v) is 4.47. The number of fused-ring (bicyclic) bond motifs is 2. The summed E-state index contributed by atoms with van der Waals surface area (Å²) in [6, 6.07) is 1.97. The van der Waals surface area contributed by atoms with Gasteiger partial charge in [-0.2, -0.15) is 0 Å². The molecule has 21 heavy (non-hydrogen) atoms. The first-order valence-corrected chi connectivity index (χ1v) is 8.45. The van der Waals surface area contributed by atoms with Crippen molar-refractivity contribution in [2.45, 2.75) is 38.6 Å². The van der Waals surface area contributed by atoms with Crippen LogP contribution in [0.3, 0.4) is 0 Å². The van der Waals surface area contributed by atoms with E-state index in [0.29, 0.717) is 12.2 Å². The summed E-state index contributed by atoms with van der Waals surface area (Å²) in [4.78, 5) is 15.9. The molecule has 4 rings (SSSR count). The van der Waals surface area contributed by atoms with E-state index >= 15 is 0 Å². The molecule has 0 saturated heterocycles. The highest BCUT2D eigenvalue weighted by Gasteiger charge is 2.29. The van der Waals surface area contributed by atoms with Gasteiger partial charge < -0.3 is 9.42 Å². The quantitative estimate of drug-likeness (QED) is 0.807. The monoisotopic (exact) mass is 322 g/mol. The molecule has 110 valence electrons. The third-order valence-electron chi connectivity index (χ3n) is 4.28. The molecule has 4 nitrogen and oxygen atoms in total. The Bertz CT molecular complexity index is 707. The van der Waals surface area contributed by atoms with Gasteiger partial charge in [0.1, 0.15) is 5.76 Å². The number of aryl methyl sites for hydroxylation is 1. The normalized spacial score (nSPS) is 17.5. The van der Waals surface area contributed by atoms with E-state index in [1.54, 1.807) is 11.3 Å². The number of hydrogen-bond acceptors (Lipinski definition) is 4. The third-order valence-corrected chi connectivity index (χ3v) is 5.64. The lowest BCUT2D eigenvalue weighted by Gasteiger charge is -2.26. The molecular weight excluding hydrogens is 308 g/mol. The molecule has 0 N–H and O–H groups in total. The van der Waals surface area contributed by atoms with Crippen molar-refractivity contribution in [1.29, 1.82) is 0 Å². The fraction of sp³-hybridized carbons (Fsp3) is 0.467. The average molecular weight is 323 g/mol. The van der Waals surface area contributed by atoms with Crippen molar-refractivity contribution in [2.75, 3.05) is 6.54 Å². The fourth-order valence-electron chi connectivity index (χ4n) is 3.17. The predicted octanol–water partition coefficient (Wildman–Crippen LogP) is 3.47. The molecule has 6 heteroatoms. The Morgan fingerprint density at radius 3 is 3.10 bits per heavy atom. The molecule has 0 aromatic carbocycles. The van der Waals surface area contributed by atoms with E-state index in [-0.39, 0.29) is 5.91 Å². The smallest absolute Gasteiger partial charge is 0.276 e. The number of rotatable bonds is 1. The lowest BCUT2D eigenvalue weighted by atomic mass is 9.96. The van der Waals surface area contributed by atoms with Crippen LogP contribution in [0.2, 0.25) is 4.34 Å². The number of hydrogen-bond donors (Lipinski definition) is 0. The van der Waals surface area contributed by atoms with Crippen LogP contribution < -0.4 is 0 Å². The molecule has 0 unspecified atom stereocenters. The van der Waals surface area contributed by atoms with Gasteiger partial charge in [-0.1, -0.05) is 16.8 Å². The second-order valence-corrected chi connectivity index (χ2v) is 7.38. The standard InChI is InChI=1S/C15H15ClN2O2S/c16-13-7-9-8-18(6-5-12(9)21-13)15(19)14-10-3-1-2-4-11(10)20-17-14/h7H,1-6,8H2. The van der Waals surface area contributed by atoms with Crippen molar-refractivity contribution in [3.05, 3.63) is 37.9 Å². The molecule has 2 aliphatic rings. The minimum Gasteiger partial charge on any atom is -0.360 e. The molecule has 1 aliphatic heterocycles. The summed E-state index contributed by atoms with van der Waals surface area (Å²) in [6.07, 6.45) is 4.91. The highest BCUT2D eigenvalue weighted by molar-refractivity contribution is 7.16. The number of nitrogens with zero attached hydrogens (tertiary/aromatic N) is 2. The maximum Gasteiger partial charge on any atom is 0.276 e. The number of amides is 1. The summed E-state index contributed by atoms with van der Waals surface area (Å²) in [5.74, 6) is 0.899. The van der Waals surface area contributed by atoms with Gasteiger partial charge in [0, 0.05) is 30.0 Å². The van der Waals surface area contributed by atoms with Crippen molar-refractivity contribution in [2.24, 2.45) is 0 Å². The van der Waals surface area contributed by atoms with E-state index in [1.807, 2.05) is 11.0 Å². The van der Waals surface area contributed by atoms with Crippen molar-refractivity contribution in [1.82, 2.24) is 10.1 Å². The molecule has 2 aromatic heterocycles. The number of halogens is 1. The van der Waals surface area contributed by atoms with E-state index in [9.17, 15) is 4.79 Å². The van der Waals surface area contributed by atoms with E-state index in [0.717, 1.165) is 54.3 Å². The number of carbonyl (C=O) groups is 1. The highest BCUT2D eigenvalue weighted by atomic mass is 35.5. The summed E-state index contributed by atoms with van der Waals surface area (Å²) in [7, 11) is 0. The van der Waals surface area contributed by atoms with Crippen molar-refractivity contribution in [3.8, 4) is 0 Å². The zero-order chi connectivity index (χ0) is 14.4. The molecule has 0 spiro atoms. The molecule has 0 saturated carbocycles. The van der Waals surface area contributed by atoms with E-state index in [4.69, 9.17) is 16.1 Å². The van der Waals surface area contributed by atoms with Crippen LogP contribution in [-0.4, -0.2) is 22.5 Å². The van der Waals surface area contributed by atoms with Crippen LogP contribution in [0.25, 0.3) is 0 Å². The predicted molar refractivity (Wildman–Crippen MR) is 80.9 cm³/mol. The molecule has 0 radical (unpaired) electrons. The van der Waals surface area contributed by atoms with Crippen LogP contribution in [0.5, 0.6) is 0 Å². The maximum absolute atomic E-state index is 12.7. The van der Waals surface area contributed by atoms with Crippen LogP contribution in [0.1, 0.15) is 45.1 Å². The van der Waals surface area contributed by atoms with E-state index in [1.165, 1.54) is 10.4 Å². The van der Waals surface area contributed by atoms with Gasteiger partial charge in [-0.3, -0.25) is 4.79 Å². The Morgan fingerprint density at radius 1 is 1.33 bits per heavy atom. The lowest BCUT2D eigenvalue weighted by Crippen LogP contribution is -2.36. The molecule has 1 aliphatic carbocycles. The molecular formula is C15H15ClN2O2S. The van der Waals surface area contributed by atoms with Crippen LogP contribution in [0.4, 0.5) is 0 Å². The molecule has 1 amide bonds. The van der Waals surface area contributed by atoms with Crippen LogP contribution in [0, 0.1) is 0 Å².